The van der Waals surface area contributed by atoms with Crippen molar-refractivity contribution >= 4 is 62.9 Å². The Kier molecular flexibility index (Phi) is 11.1. The van der Waals surface area contributed by atoms with Crippen LogP contribution >= 0.6 is 22.9 Å². The molecule has 3 N–H and O–H groups in total. The predicted molar refractivity (Wildman–Crippen MR) is 195 cm³/mol. The van der Waals surface area contributed by atoms with Gasteiger partial charge in [0.05, 0.1) is 10.9 Å². The first-order chi connectivity index (χ1) is 25.0. The number of carbonyl (C=O) groups is 5. The second-order valence-corrected chi connectivity index (χ2v) is 18.5. The zero-order valence-electron chi connectivity index (χ0n) is 29.8. The third-order valence-electron chi connectivity index (χ3n) is 9.74. The molecular formula is C36H44ClN5O9S2. The molecule has 0 radical (unpaired) electrons. The maximum Gasteiger partial charge on any atom is 0.410 e. The average Bonchev–Trinajstić information content (AvgIpc) is 3.44. The van der Waals surface area contributed by atoms with Crippen molar-refractivity contribution in [1.29, 1.82) is 0 Å². The van der Waals surface area contributed by atoms with Gasteiger partial charge in [0.1, 0.15) is 33.5 Å². The minimum absolute atomic E-state index is 0.0898. The van der Waals surface area contributed by atoms with E-state index >= 15 is 0 Å². The van der Waals surface area contributed by atoms with Crippen LogP contribution in [0.3, 0.4) is 0 Å². The van der Waals surface area contributed by atoms with Gasteiger partial charge in [0.15, 0.2) is 0 Å². The number of nitrogens with zero attached hydrogens (tertiary/aromatic N) is 2. The molecule has 1 aliphatic carbocycles. The van der Waals surface area contributed by atoms with E-state index < -0.39 is 75.2 Å². The van der Waals surface area contributed by atoms with E-state index in [0.717, 1.165) is 35.3 Å². The lowest BCUT2D eigenvalue weighted by molar-refractivity contribution is -0.141. The number of rotatable bonds is 5. The number of sulfonamides is 1. The van der Waals surface area contributed by atoms with Crippen molar-refractivity contribution < 1.29 is 41.9 Å². The molecule has 0 unspecified atom stereocenters. The largest absolute Gasteiger partial charge is 0.444 e. The molecule has 14 nitrogen and oxygen atoms in total. The van der Waals surface area contributed by atoms with Gasteiger partial charge in [-0.2, -0.15) is 0 Å². The van der Waals surface area contributed by atoms with Crippen molar-refractivity contribution in [3.8, 4) is 0 Å². The van der Waals surface area contributed by atoms with Crippen LogP contribution in [-0.2, 0) is 47.0 Å². The number of allylic oxidation sites excluding steroid dienone is 1. The molecule has 4 heterocycles. The molecule has 5 amide bonds. The summed E-state index contributed by atoms with van der Waals surface area (Å²) in [4.78, 5) is 71.5. The molecule has 2 aromatic rings. The van der Waals surface area contributed by atoms with E-state index in [0.29, 0.717) is 25.9 Å². The summed E-state index contributed by atoms with van der Waals surface area (Å²) in [7, 11) is -4.31. The first-order valence-electron chi connectivity index (χ1n) is 17.7. The Hall–Kier alpha value is -4.15. The molecule has 286 valence electrons. The van der Waals surface area contributed by atoms with E-state index in [1.807, 2.05) is 30.3 Å². The highest BCUT2D eigenvalue weighted by Crippen LogP contribution is 2.46. The molecule has 0 spiro atoms. The van der Waals surface area contributed by atoms with Gasteiger partial charge in [-0.3, -0.25) is 19.3 Å². The van der Waals surface area contributed by atoms with E-state index in [9.17, 15) is 32.4 Å². The Morgan fingerprint density at radius 1 is 1.04 bits per heavy atom. The molecule has 17 heteroatoms. The number of benzene rings is 1. The molecule has 1 aromatic heterocycles. The van der Waals surface area contributed by atoms with Crippen molar-refractivity contribution in [2.24, 2.45) is 5.92 Å². The lowest BCUT2D eigenvalue weighted by Crippen LogP contribution is -2.58. The van der Waals surface area contributed by atoms with E-state index in [1.165, 1.54) is 21.9 Å². The van der Waals surface area contributed by atoms with Crippen LogP contribution in [0.2, 0.25) is 4.34 Å². The summed E-state index contributed by atoms with van der Waals surface area (Å²) in [5, 5.41) is 5.48. The highest BCUT2D eigenvalue weighted by molar-refractivity contribution is 7.92. The van der Waals surface area contributed by atoms with Gasteiger partial charge in [0.2, 0.25) is 11.8 Å². The van der Waals surface area contributed by atoms with Gasteiger partial charge in [-0.05, 0) is 69.7 Å². The first kappa shape index (κ1) is 38.6. The highest BCUT2D eigenvalue weighted by atomic mass is 35.5. The van der Waals surface area contributed by atoms with Crippen LogP contribution in [0.15, 0.2) is 52.8 Å². The third kappa shape index (κ3) is 8.98. The van der Waals surface area contributed by atoms with E-state index in [2.05, 4.69) is 15.4 Å². The van der Waals surface area contributed by atoms with Crippen LogP contribution in [0.1, 0.15) is 76.8 Å². The van der Waals surface area contributed by atoms with Gasteiger partial charge in [-0.15, -0.1) is 11.3 Å². The van der Waals surface area contributed by atoms with Crippen molar-refractivity contribution in [2.45, 2.75) is 112 Å². The van der Waals surface area contributed by atoms with Crippen LogP contribution in [-0.4, -0.2) is 84.0 Å². The maximum absolute atomic E-state index is 14.3. The smallest absolute Gasteiger partial charge is 0.410 e. The summed E-state index contributed by atoms with van der Waals surface area (Å²) >= 11 is 6.74. The quantitative estimate of drug-likeness (QED) is 0.365. The fourth-order valence-electron chi connectivity index (χ4n) is 7.00. The summed E-state index contributed by atoms with van der Waals surface area (Å²) in [6.07, 6.45) is 4.42. The topological polar surface area (TPSA) is 181 Å². The Labute approximate surface area is 317 Å². The second-order valence-electron chi connectivity index (χ2n) is 14.9. The number of nitrogens with one attached hydrogen (secondary N) is 3. The van der Waals surface area contributed by atoms with Crippen LogP contribution in [0.25, 0.3) is 0 Å². The highest BCUT2D eigenvalue weighted by Gasteiger charge is 2.62. The zero-order chi connectivity index (χ0) is 38.1. The van der Waals surface area contributed by atoms with E-state index in [-0.39, 0.29) is 34.4 Å². The van der Waals surface area contributed by atoms with Gasteiger partial charge in [-0.25, -0.2) is 22.7 Å². The summed E-state index contributed by atoms with van der Waals surface area (Å²) in [5.74, 6) is -2.74. The number of ether oxygens (including phenoxy) is 2. The second kappa shape index (κ2) is 15.3. The number of halogens is 1. The molecule has 53 heavy (non-hydrogen) atoms. The molecule has 2 fully saturated rings. The lowest BCUT2D eigenvalue weighted by atomic mass is 10.0. The van der Waals surface area contributed by atoms with Gasteiger partial charge in [-0.1, -0.05) is 60.9 Å². The Bertz CT molecular complexity index is 1890. The fourth-order valence-corrected chi connectivity index (χ4v) is 9.52. The first-order valence-corrected chi connectivity index (χ1v) is 20.4. The molecule has 5 atom stereocenters. The SMILES string of the molecule is CC(C)(C)OC(=O)N[C@H]1CCCCCC=C[C@@H]2C[C@@]2(C(=O)NS(=O)(=O)c2ccc(Cl)s2)NC(=O)[C@@H]2C[C@@H](OC(=O)N3Cc4ccccc4C3)CN2C1=O. The monoisotopic (exact) mass is 789 g/mol. The van der Waals surface area contributed by atoms with Crippen molar-refractivity contribution in [1.82, 2.24) is 25.2 Å². The summed E-state index contributed by atoms with van der Waals surface area (Å²) < 4.78 is 39.8. The van der Waals surface area contributed by atoms with Crippen molar-refractivity contribution in [3.05, 3.63) is 64.0 Å². The number of amides is 5. The molecule has 6 rings (SSSR count). The predicted octanol–water partition coefficient (Wildman–Crippen LogP) is 4.62. The van der Waals surface area contributed by atoms with Crippen LogP contribution < -0.4 is 15.4 Å². The summed E-state index contributed by atoms with van der Waals surface area (Å²) in [6, 6.07) is 8.06. The Morgan fingerprint density at radius 3 is 2.42 bits per heavy atom. The van der Waals surface area contributed by atoms with Crippen LogP contribution in [0, 0.1) is 5.92 Å². The average molecular weight is 790 g/mol. The Balaban J connectivity index is 1.26. The summed E-state index contributed by atoms with van der Waals surface area (Å²) in [6.45, 7) is 5.66. The number of thiophene rings is 1. The van der Waals surface area contributed by atoms with E-state index in [4.69, 9.17) is 21.1 Å². The van der Waals surface area contributed by atoms with Gasteiger partial charge >= 0.3 is 12.2 Å². The fraction of sp³-hybridized carbons (Fsp3) is 0.528. The van der Waals surface area contributed by atoms with Gasteiger partial charge < -0.3 is 25.0 Å². The number of fused-ring (bicyclic) bond motifs is 3. The van der Waals surface area contributed by atoms with Crippen molar-refractivity contribution in [2.75, 3.05) is 6.54 Å². The summed E-state index contributed by atoms with van der Waals surface area (Å²) in [5.41, 5.74) is -0.464. The molecule has 4 aliphatic rings. The Morgan fingerprint density at radius 2 is 1.75 bits per heavy atom. The van der Waals surface area contributed by atoms with Crippen LogP contribution in [0.4, 0.5) is 9.59 Å². The molecule has 1 saturated heterocycles. The zero-order valence-corrected chi connectivity index (χ0v) is 32.2. The number of carbonyl (C=O) groups excluding carboxylic acids is 5. The van der Waals surface area contributed by atoms with Crippen LogP contribution in [0.5, 0.6) is 0 Å². The van der Waals surface area contributed by atoms with Gasteiger partial charge in [0, 0.05) is 25.4 Å². The number of hydrogen-bond acceptors (Lipinski definition) is 10. The maximum atomic E-state index is 14.3. The lowest BCUT2D eigenvalue weighted by Gasteiger charge is -2.30. The van der Waals surface area contributed by atoms with Crippen molar-refractivity contribution in [3.63, 3.8) is 0 Å². The number of hydrogen-bond donors (Lipinski definition) is 3. The standard InChI is InChI=1S/C36H44ClN5O9S2/c1-35(2,3)51-33(46)38-26-14-8-6-4-5-7-13-24-18-36(24,32(45)40-53(48,49)29-16-15-28(37)52-29)39-30(43)27-17-25(21-42(27)31(26)44)50-34(47)41-19-22-11-9-10-12-23(22)20-41/h7,9-13,15-16,24-27H,4-6,8,14,17-21H2,1-3H3,(H,38,46)(H,39,43)(H,40,45)/t24-,25-,26+,27+,36-/m1/s1. The molecule has 1 aromatic carbocycles. The minimum Gasteiger partial charge on any atom is -0.444 e. The van der Waals surface area contributed by atoms with Gasteiger partial charge in [0.25, 0.3) is 15.9 Å². The molecule has 1 saturated carbocycles. The molecule has 3 aliphatic heterocycles. The van der Waals surface area contributed by atoms with E-state index in [1.54, 1.807) is 26.8 Å². The third-order valence-corrected chi connectivity index (χ3v) is 12.8. The molecule has 0 bridgehead atoms. The normalized spacial score (nSPS) is 26.3. The number of alkyl carbamates (subject to hydrolysis) is 1. The molecular weight excluding hydrogens is 746 g/mol. The minimum atomic E-state index is -4.31.